The summed E-state index contributed by atoms with van der Waals surface area (Å²) in [6, 6.07) is 15.1. The predicted molar refractivity (Wildman–Crippen MR) is 78.1 cm³/mol. The number of likely N-dealkylation sites (tertiary alicyclic amines) is 1. The van der Waals surface area contributed by atoms with Gasteiger partial charge in [0.15, 0.2) is 0 Å². The van der Waals surface area contributed by atoms with E-state index < -0.39 is 0 Å². The molecule has 19 heavy (non-hydrogen) atoms. The van der Waals surface area contributed by atoms with Gasteiger partial charge in [-0.3, -0.25) is 4.90 Å². The van der Waals surface area contributed by atoms with Gasteiger partial charge in [-0.25, -0.2) is 4.98 Å². The fourth-order valence-corrected chi connectivity index (χ4v) is 2.91. The third-order valence-electron chi connectivity index (χ3n) is 3.73. The van der Waals surface area contributed by atoms with E-state index in [0.717, 1.165) is 13.1 Å². The van der Waals surface area contributed by atoms with Gasteiger partial charge in [-0.1, -0.05) is 48.0 Å². The van der Waals surface area contributed by atoms with E-state index in [0.29, 0.717) is 11.2 Å². The van der Waals surface area contributed by atoms with Crippen molar-refractivity contribution < 1.29 is 0 Å². The van der Waals surface area contributed by atoms with Crippen LogP contribution in [0.2, 0.25) is 5.15 Å². The van der Waals surface area contributed by atoms with E-state index in [9.17, 15) is 0 Å². The molecule has 0 radical (unpaired) electrons. The highest BCUT2D eigenvalue weighted by atomic mass is 35.5. The van der Waals surface area contributed by atoms with E-state index in [1.54, 1.807) is 0 Å². The molecule has 0 saturated carbocycles. The lowest BCUT2D eigenvalue weighted by Crippen LogP contribution is -2.22. The van der Waals surface area contributed by atoms with Gasteiger partial charge in [0.25, 0.3) is 0 Å². The van der Waals surface area contributed by atoms with Gasteiger partial charge in [0.1, 0.15) is 5.15 Å². The molecule has 98 valence electrons. The summed E-state index contributed by atoms with van der Waals surface area (Å²) in [4.78, 5) is 6.73. The second kappa shape index (κ2) is 5.72. The molecular formula is C16H17ClN2. The first kappa shape index (κ1) is 12.6. The van der Waals surface area contributed by atoms with Crippen LogP contribution in [-0.2, 0) is 6.54 Å². The highest BCUT2D eigenvalue weighted by molar-refractivity contribution is 6.29. The topological polar surface area (TPSA) is 16.1 Å². The lowest BCUT2D eigenvalue weighted by Gasteiger charge is -2.24. The molecule has 2 heterocycles. The van der Waals surface area contributed by atoms with E-state index in [2.05, 4.69) is 46.3 Å². The third kappa shape index (κ3) is 2.96. The summed E-state index contributed by atoms with van der Waals surface area (Å²) >= 11 is 5.86. The number of halogens is 1. The molecule has 0 amide bonds. The lowest BCUT2D eigenvalue weighted by molar-refractivity contribution is 0.248. The summed E-state index contributed by atoms with van der Waals surface area (Å²) in [5, 5.41) is 0.566. The van der Waals surface area contributed by atoms with Crippen molar-refractivity contribution in [3.8, 4) is 0 Å². The molecule has 1 saturated heterocycles. The standard InChI is InChI=1S/C16H17ClN2/c17-16-9-8-14(11-18-16)15-7-4-10-19(15)12-13-5-2-1-3-6-13/h1-3,5-6,8-9,11,15H,4,7,10,12H2/t15-/m0/s1. The van der Waals surface area contributed by atoms with Crippen molar-refractivity contribution in [3.05, 3.63) is 64.9 Å². The van der Waals surface area contributed by atoms with Gasteiger partial charge in [0.2, 0.25) is 0 Å². The van der Waals surface area contributed by atoms with E-state index >= 15 is 0 Å². The molecule has 0 bridgehead atoms. The first-order valence-electron chi connectivity index (χ1n) is 6.72. The number of nitrogens with zero attached hydrogens (tertiary/aromatic N) is 2. The maximum Gasteiger partial charge on any atom is 0.129 e. The van der Waals surface area contributed by atoms with Crippen molar-refractivity contribution >= 4 is 11.6 Å². The smallest absolute Gasteiger partial charge is 0.129 e. The van der Waals surface area contributed by atoms with Crippen LogP contribution in [-0.4, -0.2) is 16.4 Å². The Bertz CT molecular complexity index is 524. The van der Waals surface area contributed by atoms with Crippen LogP contribution in [0.4, 0.5) is 0 Å². The Hall–Kier alpha value is -1.38. The quantitative estimate of drug-likeness (QED) is 0.783. The molecule has 2 aromatic rings. The predicted octanol–water partition coefficient (Wildman–Crippen LogP) is 4.07. The van der Waals surface area contributed by atoms with E-state index in [1.807, 2.05) is 12.3 Å². The minimum Gasteiger partial charge on any atom is -0.292 e. The zero-order valence-electron chi connectivity index (χ0n) is 10.8. The van der Waals surface area contributed by atoms with Crippen LogP contribution in [0.5, 0.6) is 0 Å². The van der Waals surface area contributed by atoms with Gasteiger partial charge in [0.05, 0.1) is 0 Å². The van der Waals surface area contributed by atoms with E-state index in [4.69, 9.17) is 11.6 Å². The molecule has 1 fully saturated rings. The minimum absolute atomic E-state index is 0.477. The van der Waals surface area contributed by atoms with Crippen molar-refractivity contribution in [2.45, 2.75) is 25.4 Å². The summed E-state index contributed by atoms with van der Waals surface area (Å²) in [5.74, 6) is 0. The molecule has 3 heteroatoms. The Morgan fingerprint density at radius 2 is 2.00 bits per heavy atom. The van der Waals surface area contributed by atoms with Crippen molar-refractivity contribution in [2.24, 2.45) is 0 Å². The van der Waals surface area contributed by atoms with Crippen LogP contribution >= 0.6 is 11.6 Å². The summed E-state index contributed by atoms with van der Waals surface area (Å²) in [6.07, 6.45) is 4.37. The summed E-state index contributed by atoms with van der Waals surface area (Å²) in [5.41, 5.74) is 2.65. The second-order valence-corrected chi connectivity index (χ2v) is 5.42. The van der Waals surface area contributed by atoms with Gasteiger partial charge in [-0.15, -0.1) is 0 Å². The largest absolute Gasteiger partial charge is 0.292 e. The molecule has 0 unspecified atom stereocenters. The first-order valence-corrected chi connectivity index (χ1v) is 7.10. The van der Waals surface area contributed by atoms with Gasteiger partial charge in [-0.05, 0) is 36.6 Å². The molecule has 1 atom stereocenters. The number of benzene rings is 1. The molecule has 1 aliphatic rings. The van der Waals surface area contributed by atoms with Gasteiger partial charge >= 0.3 is 0 Å². The van der Waals surface area contributed by atoms with Crippen molar-refractivity contribution in [1.29, 1.82) is 0 Å². The van der Waals surface area contributed by atoms with Crippen LogP contribution in [0.25, 0.3) is 0 Å². The average Bonchev–Trinajstić information content (AvgIpc) is 2.89. The van der Waals surface area contributed by atoms with Crippen LogP contribution in [0.3, 0.4) is 0 Å². The molecule has 2 nitrogen and oxygen atoms in total. The molecule has 1 aromatic carbocycles. The summed E-state index contributed by atoms with van der Waals surface area (Å²) in [6.45, 7) is 2.16. The zero-order valence-corrected chi connectivity index (χ0v) is 11.6. The SMILES string of the molecule is Clc1ccc([C@@H]2CCCN2Cc2ccccc2)cn1. The van der Waals surface area contributed by atoms with Crippen LogP contribution < -0.4 is 0 Å². The maximum atomic E-state index is 5.86. The molecule has 0 aliphatic carbocycles. The lowest BCUT2D eigenvalue weighted by atomic mass is 10.1. The average molecular weight is 273 g/mol. The van der Waals surface area contributed by atoms with Gasteiger partial charge < -0.3 is 0 Å². The highest BCUT2D eigenvalue weighted by Gasteiger charge is 2.25. The normalized spacial score (nSPS) is 19.7. The van der Waals surface area contributed by atoms with Crippen LogP contribution in [0.1, 0.15) is 30.0 Å². The molecule has 0 spiro atoms. The van der Waals surface area contributed by atoms with Crippen LogP contribution in [0, 0.1) is 0 Å². The van der Waals surface area contributed by atoms with Crippen molar-refractivity contribution in [3.63, 3.8) is 0 Å². The Morgan fingerprint density at radius 3 is 2.74 bits per heavy atom. The van der Waals surface area contributed by atoms with Crippen molar-refractivity contribution in [2.75, 3.05) is 6.54 Å². The second-order valence-electron chi connectivity index (χ2n) is 5.03. The molecule has 1 aromatic heterocycles. The maximum absolute atomic E-state index is 5.86. The zero-order chi connectivity index (χ0) is 13.1. The fourth-order valence-electron chi connectivity index (χ4n) is 2.80. The summed E-state index contributed by atoms with van der Waals surface area (Å²) < 4.78 is 0. The molecule has 1 aliphatic heterocycles. The van der Waals surface area contributed by atoms with Crippen molar-refractivity contribution in [1.82, 2.24) is 9.88 Å². The Morgan fingerprint density at radius 1 is 1.16 bits per heavy atom. The summed E-state index contributed by atoms with van der Waals surface area (Å²) in [7, 11) is 0. The Labute approximate surface area is 119 Å². The Kier molecular flexibility index (Phi) is 3.81. The van der Waals surface area contributed by atoms with E-state index in [-0.39, 0.29) is 0 Å². The number of rotatable bonds is 3. The van der Waals surface area contributed by atoms with Gasteiger partial charge in [0, 0.05) is 18.8 Å². The third-order valence-corrected chi connectivity index (χ3v) is 3.95. The number of aromatic nitrogens is 1. The first-order chi connectivity index (χ1) is 9.33. The van der Waals surface area contributed by atoms with E-state index in [1.165, 1.54) is 24.0 Å². The van der Waals surface area contributed by atoms with Crippen LogP contribution in [0.15, 0.2) is 48.7 Å². The minimum atomic E-state index is 0.477. The number of pyridine rings is 1. The van der Waals surface area contributed by atoms with Gasteiger partial charge in [-0.2, -0.15) is 0 Å². The Balaban J connectivity index is 1.76. The fraction of sp³-hybridized carbons (Fsp3) is 0.312. The highest BCUT2D eigenvalue weighted by Crippen LogP contribution is 2.32. The molecule has 3 rings (SSSR count). The molecule has 0 N–H and O–H groups in total. The molecular weight excluding hydrogens is 256 g/mol. The number of hydrogen-bond acceptors (Lipinski definition) is 2. The monoisotopic (exact) mass is 272 g/mol. The number of hydrogen-bond donors (Lipinski definition) is 0.